The normalized spacial score (nSPS) is 23.7. The van der Waals surface area contributed by atoms with Gasteiger partial charge in [-0.15, -0.1) is 0 Å². The van der Waals surface area contributed by atoms with Crippen LogP contribution in [0.1, 0.15) is 42.0 Å². The molecule has 0 spiro atoms. The van der Waals surface area contributed by atoms with Gasteiger partial charge in [-0.2, -0.15) is 0 Å². The summed E-state index contributed by atoms with van der Waals surface area (Å²) < 4.78 is 0. The van der Waals surface area contributed by atoms with Crippen LogP contribution in [0.5, 0.6) is 5.75 Å². The van der Waals surface area contributed by atoms with Gasteiger partial charge in [0.1, 0.15) is 11.2 Å². The van der Waals surface area contributed by atoms with Crippen LogP contribution in [-0.2, 0) is 22.0 Å². The summed E-state index contributed by atoms with van der Waals surface area (Å²) in [7, 11) is 3.65. The second kappa shape index (κ2) is 9.38. The van der Waals surface area contributed by atoms with Gasteiger partial charge in [-0.05, 0) is 60.2 Å². The Labute approximate surface area is 214 Å². The van der Waals surface area contributed by atoms with E-state index in [1.54, 1.807) is 11.0 Å². The monoisotopic (exact) mass is 484 g/mol. The number of hydrogen-bond acceptors (Lipinski definition) is 4. The summed E-state index contributed by atoms with van der Waals surface area (Å²) in [5, 5.41) is 21.6. The molecule has 2 N–H and O–H groups in total. The molecule has 5 heteroatoms. The maximum atomic E-state index is 14.0. The summed E-state index contributed by atoms with van der Waals surface area (Å²) in [5.74, 6) is 0.313. The number of aromatic hydroxyl groups is 1. The lowest BCUT2D eigenvalue weighted by Gasteiger charge is -2.54. The minimum atomic E-state index is -0.823. The molecule has 3 atom stereocenters. The molecule has 36 heavy (non-hydrogen) atoms. The summed E-state index contributed by atoms with van der Waals surface area (Å²) in [6, 6.07) is 25.7. The van der Waals surface area contributed by atoms with Crippen molar-refractivity contribution in [2.75, 3.05) is 27.2 Å². The minimum Gasteiger partial charge on any atom is -0.508 e. The van der Waals surface area contributed by atoms with Crippen LogP contribution in [0.3, 0.4) is 0 Å². The molecule has 1 fully saturated rings. The first-order valence-electron chi connectivity index (χ1n) is 12.8. The molecule has 188 valence electrons. The van der Waals surface area contributed by atoms with E-state index in [9.17, 15) is 15.0 Å². The van der Waals surface area contributed by atoms with E-state index < -0.39 is 11.5 Å². The number of phenols is 1. The Morgan fingerprint density at radius 3 is 2.22 bits per heavy atom. The van der Waals surface area contributed by atoms with Crippen LogP contribution < -0.4 is 0 Å². The van der Waals surface area contributed by atoms with Crippen molar-refractivity contribution >= 4 is 5.91 Å². The van der Waals surface area contributed by atoms with Crippen molar-refractivity contribution in [3.05, 3.63) is 101 Å². The Hall–Kier alpha value is -3.15. The highest BCUT2D eigenvalue weighted by atomic mass is 16.3. The quantitative estimate of drug-likeness (QED) is 0.553. The number of phenolic OH excluding ortho intramolecular Hbond substituents is 1. The smallest absolute Gasteiger partial charge is 0.237 e. The zero-order chi connectivity index (χ0) is 25.5. The maximum absolute atomic E-state index is 14.0. The van der Waals surface area contributed by atoms with Gasteiger partial charge >= 0.3 is 0 Å². The first-order valence-corrected chi connectivity index (χ1v) is 12.8. The van der Waals surface area contributed by atoms with Gasteiger partial charge in [-0.25, -0.2) is 0 Å². The number of hydrogen-bond donors (Lipinski definition) is 2. The third-order valence-electron chi connectivity index (χ3n) is 8.62. The summed E-state index contributed by atoms with van der Waals surface area (Å²) in [6.45, 7) is 3.64. The van der Waals surface area contributed by atoms with E-state index in [2.05, 4.69) is 36.1 Å². The molecular formula is C31H36N2O3. The van der Waals surface area contributed by atoms with Crippen LogP contribution in [0.15, 0.2) is 78.9 Å². The van der Waals surface area contributed by atoms with Crippen LogP contribution in [-0.4, -0.2) is 65.3 Å². The minimum absolute atomic E-state index is 0.0282. The van der Waals surface area contributed by atoms with Gasteiger partial charge in [0.2, 0.25) is 5.91 Å². The fourth-order valence-electron chi connectivity index (χ4n) is 6.57. The van der Waals surface area contributed by atoms with Gasteiger partial charge in [-0.3, -0.25) is 9.69 Å². The van der Waals surface area contributed by atoms with Gasteiger partial charge in [0, 0.05) is 32.1 Å². The second-order valence-electron chi connectivity index (χ2n) is 10.8. The highest BCUT2D eigenvalue weighted by molar-refractivity contribution is 5.92. The van der Waals surface area contributed by atoms with Crippen LogP contribution in [0.4, 0.5) is 0 Å². The van der Waals surface area contributed by atoms with Gasteiger partial charge in [-0.1, -0.05) is 73.7 Å². The SMILES string of the molecule is CN(C)C(=O)C(CCN1CC[C@@]2(C)c3cc(O)ccc3CC1[C@@H]2O)(c1ccccc1)c1ccccc1. The number of carbonyl (C=O) groups excluding carboxylic acids is 1. The molecule has 1 amide bonds. The molecular weight excluding hydrogens is 448 g/mol. The molecule has 3 aromatic rings. The molecule has 5 rings (SSSR count). The number of likely N-dealkylation sites (tertiary alicyclic amines) is 1. The van der Waals surface area contributed by atoms with Crippen molar-refractivity contribution in [3.63, 3.8) is 0 Å². The van der Waals surface area contributed by atoms with Gasteiger partial charge in [0.05, 0.1) is 6.10 Å². The van der Waals surface area contributed by atoms with Crippen LogP contribution in [0.2, 0.25) is 0 Å². The van der Waals surface area contributed by atoms with Crippen molar-refractivity contribution in [1.82, 2.24) is 9.80 Å². The van der Waals surface area contributed by atoms with E-state index in [1.807, 2.05) is 62.6 Å². The van der Waals surface area contributed by atoms with E-state index in [0.29, 0.717) is 13.0 Å². The Bertz CT molecular complexity index is 1190. The molecule has 0 saturated carbocycles. The summed E-state index contributed by atoms with van der Waals surface area (Å²) in [4.78, 5) is 18.1. The van der Waals surface area contributed by atoms with Crippen LogP contribution >= 0.6 is 0 Å². The van der Waals surface area contributed by atoms with Crippen molar-refractivity contribution in [2.24, 2.45) is 0 Å². The molecule has 0 radical (unpaired) electrons. The van der Waals surface area contributed by atoms with Crippen LogP contribution in [0, 0.1) is 0 Å². The molecule has 1 aliphatic heterocycles. The topological polar surface area (TPSA) is 64.0 Å². The fourth-order valence-corrected chi connectivity index (χ4v) is 6.57. The molecule has 1 saturated heterocycles. The molecule has 2 aliphatic rings. The Kier molecular flexibility index (Phi) is 6.39. The van der Waals surface area contributed by atoms with Gasteiger partial charge < -0.3 is 15.1 Å². The first kappa shape index (κ1) is 24.5. The van der Waals surface area contributed by atoms with Crippen LogP contribution in [0.25, 0.3) is 0 Å². The predicted molar refractivity (Wildman–Crippen MR) is 142 cm³/mol. The van der Waals surface area contributed by atoms with E-state index in [1.165, 1.54) is 5.56 Å². The van der Waals surface area contributed by atoms with E-state index >= 15 is 0 Å². The summed E-state index contributed by atoms with van der Waals surface area (Å²) in [5.41, 5.74) is 3.02. The van der Waals surface area contributed by atoms with Crippen molar-refractivity contribution in [2.45, 2.75) is 49.2 Å². The average Bonchev–Trinajstić information content (AvgIpc) is 2.89. The molecule has 1 heterocycles. The highest BCUT2D eigenvalue weighted by Crippen LogP contribution is 2.46. The van der Waals surface area contributed by atoms with Gasteiger partial charge in [0.15, 0.2) is 0 Å². The molecule has 3 aromatic carbocycles. The Morgan fingerprint density at radius 1 is 1.03 bits per heavy atom. The number of amides is 1. The first-order chi connectivity index (χ1) is 17.3. The lowest BCUT2D eigenvalue weighted by molar-refractivity contribution is -0.134. The number of fused-ring (bicyclic) bond motifs is 4. The van der Waals surface area contributed by atoms with E-state index in [0.717, 1.165) is 36.1 Å². The third kappa shape index (κ3) is 3.91. The highest BCUT2D eigenvalue weighted by Gasteiger charge is 2.51. The fraction of sp³-hybridized carbons (Fsp3) is 0.387. The second-order valence-corrected chi connectivity index (χ2v) is 10.8. The van der Waals surface area contributed by atoms with E-state index in [4.69, 9.17) is 0 Å². The molecule has 2 bridgehead atoms. The standard InChI is InChI=1S/C31H36N2O3/c1-30-16-18-33(27(28(30)35)20-22-14-15-25(34)21-26(22)30)19-17-31(29(36)32(2)3,23-10-6-4-7-11-23)24-12-8-5-9-13-24/h4-15,21,27-28,34-35H,16-20H2,1-3H3/t27?,28-,30-/m0/s1. The average molecular weight is 485 g/mol. The number of benzene rings is 3. The van der Waals surface area contributed by atoms with E-state index in [-0.39, 0.29) is 23.1 Å². The molecule has 0 aromatic heterocycles. The van der Waals surface area contributed by atoms with Crippen molar-refractivity contribution in [1.29, 1.82) is 0 Å². The van der Waals surface area contributed by atoms with Crippen molar-refractivity contribution < 1.29 is 15.0 Å². The summed E-state index contributed by atoms with van der Waals surface area (Å²) in [6.07, 6.45) is 1.61. The Morgan fingerprint density at radius 2 is 1.64 bits per heavy atom. The number of rotatable bonds is 6. The number of carbonyl (C=O) groups is 1. The number of piperidine rings is 1. The predicted octanol–water partition coefficient (Wildman–Crippen LogP) is 4.11. The zero-order valence-corrected chi connectivity index (χ0v) is 21.4. The number of aliphatic hydroxyl groups is 1. The molecule has 1 unspecified atom stereocenters. The lowest BCUT2D eigenvalue weighted by Crippen LogP contribution is -2.62. The number of nitrogens with zero attached hydrogens (tertiary/aromatic N) is 2. The number of likely N-dealkylation sites (N-methyl/N-ethyl adjacent to an activating group) is 1. The Balaban J connectivity index is 1.51. The van der Waals surface area contributed by atoms with Crippen molar-refractivity contribution in [3.8, 4) is 5.75 Å². The molecule has 1 aliphatic carbocycles. The maximum Gasteiger partial charge on any atom is 0.237 e. The third-order valence-corrected chi connectivity index (χ3v) is 8.62. The largest absolute Gasteiger partial charge is 0.508 e. The van der Waals surface area contributed by atoms with Gasteiger partial charge in [0.25, 0.3) is 0 Å². The number of aliphatic hydroxyl groups excluding tert-OH is 1. The molecule has 5 nitrogen and oxygen atoms in total. The summed E-state index contributed by atoms with van der Waals surface area (Å²) >= 11 is 0. The lowest BCUT2D eigenvalue weighted by atomic mass is 9.62. The zero-order valence-electron chi connectivity index (χ0n) is 21.4.